The predicted octanol–water partition coefficient (Wildman–Crippen LogP) is 1.30. The molecule has 4 nitrogen and oxygen atoms in total. The number of anilines is 1. The van der Waals surface area contributed by atoms with Gasteiger partial charge in [0.15, 0.2) is 0 Å². The Balaban J connectivity index is 2.04. The minimum Gasteiger partial charge on any atom is -0.368 e. The number of rotatable bonds is 2. The van der Waals surface area contributed by atoms with E-state index in [9.17, 15) is 4.79 Å². The van der Waals surface area contributed by atoms with Crippen molar-refractivity contribution >= 4 is 11.6 Å². The van der Waals surface area contributed by atoms with Crippen LogP contribution in [0.25, 0.3) is 0 Å². The zero-order valence-corrected chi connectivity index (χ0v) is 12.0. The first kappa shape index (κ1) is 13.9. The van der Waals surface area contributed by atoms with E-state index in [1.165, 1.54) is 16.8 Å². The Labute approximate surface area is 115 Å². The number of hydrogen-bond donors (Lipinski definition) is 1. The van der Waals surface area contributed by atoms with Crippen LogP contribution in [-0.4, -0.2) is 43.0 Å². The molecule has 0 bridgehead atoms. The molecular formula is C15H23N3O. The van der Waals surface area contributed by atoms with Gasteiger partial charge < -0.3 is 15.5 Å². The number of benzene rings is 1. The van der Waals surface area contributed by atoms with Crippen LogP contribution in [0.2, 0.25) is 0 Å². The number of carbonyl (C=O) groups is 1. The summed E-state index contributed by atoms with van der Waals surface area (Å²) in [6, 6.07) is 5.99. The molecule has 0 unspecified atom stereocenters. The summed E-state index contributed by atoms with van der Waals surface area (Å²) in [6.07, 6.45) is 0. The molecule has 1 aromatic carbocycles. The van der Waals surface area contributed by atoms with E-state index in [-0.39, 0.29) is 5.91 Å². The molecule has 2 N–H and O–H groups in total. The number of piperazine rings is 1. The molecule has 0 aromatic heterocycles. The molecule has 0 aliphatic carbocycles. The van der Waals surface area contributed by atoms with Gasteiger partial charge in [0, 0.05) is 31.9 Å². The second-order valence-electron chi connectivity index (χ2n) is 5.32. The zero-order valence-electron chi connectivity index (χ0n) is 12.0. The summed E-state index contributed by atoms with van der Waals surface area (Å²) in [4.78, 5) is 16.1. The van der Waals surface area contributed by atoms with Crippen molar-refractivity contribution in [2.24, 2.45) is 5.73 Å². The van der Waals surface area contributed by atoms with Gasteiger partial charge in [0.1, 0.15) is 0 Å². The topological polar surface area (TPSA) is 49.6 Å². The van der Waals surface area contributed by atoms with Crippen LogP contribution in [0.3, 0.4) is 0 Å². The summed E-state index contributed by atoms with van der Waals surface area (Å²) in [7, 11) is 0. The first-order valence-corrected chi connectivity index (χ1v) is 6.86. The Kier molecular flexibility index (Phi) is 4.10. The quantitative estimate of drug-likeness (QED) is 0.873. The highest BCUT2D eigenvalue weighted by Gasteiger charge is 2.23. The average Bonchev–Trinajstić information content (AvgIpc) is 2.41. The smallest absolute Gasteiger partial charge is 0.239 e. The lowest BCUT2D eigenvalue weighted by atomic mass is 10.1. The van der Waals surface area contributed by atoms with Crippen molar-refractivity contribution < 1.29 is 4.79 Å². The maximum absolute atomic E-state index is 11.8. The molecule has 1 aliphatic rings. The van der Waals surface area contributed by atoms with Crippen LogP contribution in [-0.2, 0) is 4.79 Å². The standard InChI is InChI=1S/C15H23N3O/c1-11-5-4-6-14(12(11)2)17-7-9-18(10-8-17)15(19)13(3)16/h4-6,13H,7-10,16H2,1-3H3/t13-/m0/s1. The van der Waals surface area contributed by atoms with E-state index in [1.54, 1.807) is 6.92 Å². The minimum atomic E-state index is -0.396. The highest BCUT2D eigenvalue weighted by Crippen LogP contribution is 2.23. The number of amides is 1. The lowest BCUT2D eigenvalue weighted by molar-refractivity contribution is -0.132. The molecule has 1 saturated heterocycles. The summed E-state index contributed by atoms with van der Waals surface area (Å²) < 4.78 is 0. The maximum Gasteiger partial charge on any atom is 0.239 e. The molecule has 1 amide bonds. The van der Waals surface area contributed by atoms with Gasteiger partial charge in [-0.3, -0.25) is 4.79 Å². The van der Waals surface area contributed by atoms with Gasteiger partial charge in [0.05, 0.1) is 6.04 Å². The Morgan fingerprint density at radius 3 is 2.42 bits per heavy atom. The van der Waals surface area contributed by atoms with E-state index in [0.29, 0.717) is 0 Å². The predicted molar refractivity (Wildman–Crippen MR) is 78.4 cm³/mol. The molecule has 1 heterocycles. The number of nitrogens with two attached hydrogens (primary N) is 1. The Morgan fingerprint density at radius 1 is 1.21 bits per heavy atom. The van der Waals surface area contributed by atoms with Crippen molar-refractivity contribution in [3.05, 3.63) is 29.3 Å². The van der Waals surface area contributed by atoms with E-state index in [1.807, 2.05) is 4.90 Å². The lowest BCUT2D eigenvalue weighted by Gasteiger charge is -2.37. The second kappa shape index (κ2) is 5.61. The van der Waals surface area contributed by atoms with Gasteiger partial charge in [-0.1, -0.05) is 12.1 Å². The van der Waals surface area contributed by atoms with E-state index in [2.05, 4.69) is 36.9 Å². The van der Waals surface area contributed by atoms with Crippen LogP contribution in [0.4, 0.5) is 5.69 Å². The number of aryl methyl sites for hydroxylation is 1. The highest BCUT2D eigenvalue weighted by atomic mass is 16.2. The first-order chi connectivity index (χ1) is 9.00. The largest absolute Gasteiger partial charge is 0.368 e. The Bertz CT molecular complexity index is 462. The molecule has 1 fully saturated rings. The Hall–Kier alpha value is -1.55. The van der Waals surface area contributed by atoms with Gasteiger partial charge in [-0.25, -0.2) is 0 Å². The fourth-order valence-corrected chi connectivity index (χ4v) is 2.53. The van der Waals surface area contributed by atoms with Crippen molar-refractivity contribution in [3.63, 3.8) is 0 Å². The van der Waals surface area contributed by atoms with E-state index in [4.69, 9.17) is 5.73 Å². The van der Waals surface area contributed by atoms with Crippen LogP contribution in [0.5, 0.6) is 0 Å². The summed E-state index contributed by atoms with van der Waals surface area (Å²) in [5, 5.41) is 0. The third-order valence-electron chi connectivity index (χ3n) is 3.90. The molecule has 4 heteroatoms. The van der Waals surface area contributed by atoms with Gasteiger partial charge in [-0.2, -0.15) is 0 Å². The summed E-state index contributed by atoms with van der Waals surface area (Å²) in [5.41, 5.74) is 9.58. The molecule has 2 rings (SSSR count). The van der Waals surface area contributed by atoms with Crippen LogP contribution in [0.15, 0.2) is 18.2 Å². The van der Waals surface area contributed by atoms with Gasteiger partial charge in [0.25, 0.3) is 0 Å². The summed E-state index contributed by atoms with van der Waals surface area (Å²) >= 11 is 0. The molecule has 0 spiro atoms. The van der Waals surface area contributed by atoms with E-state index in [0.717, 1.165) is 26.2 Å². The van der Waals surface area contributed by atoms with Crippen LogP contribution >= 0.6 is 0 Å². The first-order valence-electron chi connectivity index (χ1n) is 6.86. The maximum atomic E-state index is 11.8. The average molecular weight is 261 g/mol. The molecule has 19 heavy (non-hydrogen) atoms. The third-order valence-corrected chi connectivity index (χ3v) is 3.90. The highest BCUT2D eigenvalue weighted by molar-refractivity contribution is 5.81. The fraction of sp³-hybridized carbons (Fsp3) is 0.533. The van der Waals surface area contributed by atoms with Gasteiger partial charge in [0.2, 0.25) is 5.91 Å². The molecule has 1 atom stereocenters. The molecule has 0 saturated carbocycles. The van der Waals surface area contributed by atoms with E-state index < -0.39 is 6.04 Å². The van der Waals surface area contributed by atoms with Crippen molar-refractivity contribution in [1.82, 2.24) is 4.90 Å². The lowest BCUT2D eigenvalue weighted by Crippen LogP contribution is -2.52. The molecule has 104 valence electrons. The molecule has 1 aromatic rings. The van der Waals surface area contributed by atoms with Gasteiger partial charge >= 0.3 is 0 Å². The molecular weight excluding hydrogens is 238 g/mol. The van der Waals surface area contributed by atoms with E-state index >= 15 is 0 Å². The number of nitrogens with zero attached hydrogens (tertiary/aromatic N) is 2. The normalized spacial score (nSPS) is 17.5. The monoisotopic (exact) mass is 261 g/mol. The number of hydrogen-bond acceptors (Lipinski definition) is 3. The minimum absolute atomic E-state index is 0.0561. The van der Waals surface area contributed by atoms with Gasteiger partial charge in [-0.15, -0.1) is 0 Å². The van der Waals surface area contributed by atoms with Crippen molar-refractivity contribution in [2.75, 3.05) is 31.1 Å². The Morgan fingerprint density at radius 2 is 1.84 bits per heavy atom. The van der Waals surface area contributed by atoms with Crippen molar-refractivity contribution in [3.8, 4) is 0 Å². The summed E-state index contributed by atoms with van der Waals surface area (Å²) in [5.74, 6) is 0.0561. The van der Waals surface area contributed by atoms with Gasteiger partial charge in [-0.05, 0) is 38.0 Å². The SMILES string of the molecule is Cc1cccc(N2CCN(C(=O)[C@H](C)N)CC2)c1C. The van der Waals surface area contributed by atoms with Crippen molar-refractivity contribution in [1.29, 1.82) is 0 Å². The summed E-state index contributed by atoms with van der Waals surface area (Å²) in [6.45, 7) is 9.31. The van der Waals surface area contributed by atoms with Crippen molar-refractivity contribution in [2.45, 2.75) is 26.8 Å². The fourth-order valence-electron chi connectivity index (χ4n) is 2.53. The van der Waals surface area contributed by atoms with Crippen LogP contribution < -0.4 is 10.6 Å². The second-order valence-corrected chi connectivity index (χ2v) is 5.32. The molecule has 0 radical (unpaired) electrons. The zero-order chi connectivity index (χ0) is 14.0. The number of carbonyl (C=O) groups excluding carboxylic acids is 1. The van der Waals surface area contributed by atoms with Crippen LogP contribution in [0.1, 0.15) is 18.1 Å². The van der Waals surface area contributed by atoms with Crippen LogP contribution in [0, 0.1) is 13.8 Å². The molecule has 1 aliphatic heterocycles. The third kappa shape index (κ3) is 2.89.